The molecule has 54 valence electrons. The Labute approximate surface area is 57.1 Å². The van der Waals surface area contributed by atoms with Gasteiger partial charge >= 0.3 is 0 Å². The third kappa shape index (κ3) is 2.44. The molecule has 9 heavy (non-hydrogen) atoms. The second-order valence-electron chi connectivity index (χ2n) is 2.09. The van der Waals surface area contributed by atoms with Crippen molar-refractivity contribution in [2.45, 2.75) is 11.6 Å². The van der Waals surface area contributed by atoms with Gasteiger partial charge in [0, 0.05) is 14.2 Å². The number of rotatable bonds is 4. The largest absolute Gasteiger partial charge is 0.377 e. The predicted octanol–water partition coefficient (Wildman–Crippen LogP) is -0.912. The molecule has 1 unspecified atom stereocenters. The van der Waals surface area contributed by atoms with Crippen LogP contribution in [0.2, 0.25) is 0 Å². The zero-order chi connectivity index (χ0) is 6.69. The van der Waals surface area contributed by atoms with E-state index < -0.39 is 0 Å². The molecule has 0 radical (unpaired) electrons. The van der Waals surface area contributed by atoms with E-state index in [4.69, 9.17) is 14.2 Å². The minimum absolute atomic E-state index is 0.0532. The van der Waals surface area contributed by atoms with Crippen molar-refractivity contribution in [3.05, 3.63) is 0 Å². The van der Waals surface area contributed by atoms with Crippen LogP contribution >= 0.6 is 0 Å². The summed E-state index contributed by atoms with van der Waals surface area (Å²) in [6.07, 6.45) is 0. The van der Waals surface area contributed by atoms with Crippen LogP contribution in [0.3, 0.4) is 0 Å². The van der Waals surface area contributed by atoms with E-state index in [1.54, 1.807) is 14.2 Å². The van der Waals surface area contributed by atoms with E-state index in [0.29, 0.717) is 5.73 Å². The van der Waals surface area contributed by atoms with E-state index in [9.17, 15) is 0 Å². The van der Waals surface area contributed by atoms with Gasteiger partial charge < -0.3 is 14.2 Å². The van der Waals surface area contributed by atoms with Gasteiger partial charge in [0.1, 0.15) is 15.4 Å². The Balaban J connectivity index is 2.05. The predicted molar refractivity (Wildman–Crippen MR) is 36.1 cm³/mol. The highest BCUT2D eigenvalue weighted by Crippen LogP contribution is 2.08. The Morgan fingerprint density at radius 2 is 2.11 bits per heavy atom. The van der Waals surface area contributed by atoms with Gasteiger partial charge in [0.05, 0.1) is 12.3 Å². The van der Waals surface area contributed by atoms with E-state index in [1.165, 1.54) is 0 Å². The molecule has 1 saturated heterocycles. The first kappa shape index (κ1) is 7.21. The first-order chi connectivity index (χ1) is 4.36. The molecule has 1 heterocycles. The van der Waals surface area contributed by atoms with Crippen LogP contribution in [-0.4, -0.2) is 42.0 Å². The molecule has 3 nitrogen and oxygen atoms in total. The fraction of sp³-hybridized carbons (Fsp3) is 1.00. The van der Waals surface area contributed by atoms with Crippen molar-refractivity contribution in [1.29, 1.82) is 0 Å². The second kappa shape index (κ2) is 3.31. The fourth-order valence-corrected chi connectivity index (χ4v) is 1.93. The Morgan fingerprint density at radius 1 is 1.56 bits per heavy atom. The summed E-state index contributed by atoms with van der Waals surface area (Å²) in [7, 11) is 3.04. The topological polar surface area (TPSA) is 31.0 Å². The van der Waals surface area contributed by atoms with E-state index in [0.717, 1.165) is 6.61 Å². The maximum atomic E-state index is 5.04. The quantitative estimate of drug-likeness (QED) is 0.294. The summed E-state index contributed by atoms with van der Waals surface area (Å²) in [6.45, 7) is 0.926. The molecule has 1 atom stereocenters. The normalized spacial score (nSPS) is 26.3. The van der Waals surface area contributed by atoms with Crippen molar-refractivity contribution in [1.82, 2.24) is 0 Å². The number of methoxy groups -OCH3 is 2. The van der Waals surface area contributed by atoms with Crippen LogP contribution in [0.15, 0.2) is 0 Å². The lowest BCUT2D eigenvalue weighted by Crippen LogP contribution is -2.25. The minimum atomic E-state index is -0.296. The van der Waals surface area contributed by atoms with Gasteiger partial charge in [-0.1, -0.05) is 0 Å². The van der Waals surface area contributed by atoms with E-state index in [-0.39, 0.29) is 15.4 Å². The van der Waals surface area contributed by atoms with Gasteiger partial charge in [-0.15, -0.1) is 0 Å². The molecule has 1 fully saturated rings. The first-order valence-electron chi connectivity index (χ1n) is 3.04. The van der Waals surface area contributed by atoms with Gasteiger partial charge in [-0.2, -0.15) is 0 Å². The van der Waals surface area contributed by atoms with Crippen LogP contribution in [0, 0.1) is 0 Å². The van der Waals surface area contributed by atoms with Crippen LogP contribution < -0.4 is 0 Å². The zero-order valence-corrected chi connectivity index (χ0v) is 7.21. The molecule has 0 bridgehead atoms. The molecule has 1 aliphatic rings. The van der Waals surface area contributed by atoms with Gasteiger partial charge in [0.25, 0.3) is 0 Å². The lowest BCUT2D eigenvalue weighted by Gasteiger charge is -2.09. The number of epoxide rings is 1. The van der Waals surface area contributed by atoms with Crippen LogP contribution in [0.4, 0.5) is 0 Å². The Morgan fingerprint density at radius 3 is 2.44 bits per heavy atom. The van der Waals surface area contributed by atoms with Crippen molar-refractivity contribution in [3.8, 4) is 0 Å². The molecule has 0 spiro atoms. The molecule has 1 aliphatic heterocycles. The lowest BCUT2D eigenvalue weighted by atomic mass is 11.0. The summed E-state index contributed by atoms with van der Waals surface area (Å²) < 4.78 is 15.1. The molecule has 0 saturated carbocycles. The molecule has 4 heteroatoms. The maximum Gasteiger partial charge on any atom is 0.137 e. The SMILES string of the molecule is COC(OC)[SiH2]C1CO1. The number of ether oxygens (including phenoxy) is 3. The maximum absolute atomic E-state index is 5.04. The molecular weight excluding hydrogens is 136 g/mol. The smallest absolute Gasteiger partial charge is 0.137 e. The highest BCUT2D eigenvalue weighted by Gasteiger charge is 2.27. The molecule has 0 aliphatic carbocycles. The van der Waals surface area contributed by atoms with Crippen LogP contribution in [0.1, 0.15) is 0 Å². The van der Waals surface area contributed by atoms with E-state index in [1.807, 2.05) is 0 Å². The van der Waals surface area contributed by atoms with Crippen LogP contribution in [-0.2, 0) is 14.2 Å². The first-order valence-corrected chi connectivity index (χ1v) is 4.67. The summed E-state index contributed by atoms with van der Waals surface area (Å²) in [4.78, 5) is 0. The van der Waals surface area contributed by atoms with Crippen molar-refractivity contribution in [2.24, 2.45) is 0 Å². The summed E-state index contributed by atoms with van der Waals surface area (Å²) in [5, 5.41) is 0. The van der Waals surface area contributed by atoms with Gasteiger partial charge in [0.2, 0.25) is 0 Å². The average Bonchev–Trinajstić information content (AvgIpc) is 2.66. The van der Waals surface area contributed by atoms with Crippen molar-refractivity contribution < 1.29 is 14.2 Å². The van der Waals surface area contributed by atoms with Crippen LogP contribution in [0.25, 0.3) is 0 Å². The molecule has 1 rings (SSSR count). The highest BCUT2D eigenvalue weighted by atomic mass is 28.2. The molecule has 0 aromatic carbocycles. The lowest BCUT2D eigenvalue weighted by molar-refractivity contribution is -0.0447. The standard InChI is InChI=1S/C5H12O3Si/c1-6-5(7-2)9-4-3-8-4/h4-5H,3,9H2,1-2H3. The second-order valence-corrected chi connectivity index (χ2v) is 4.14. The van der Waals surface area contributed by atoms with Crippen molar-refractivity contribution >= 4 is 9.52 Å². The third-order valence-electron chi connectivity index (χ3n) is 1.38. The van der Waals surface area contributed by atoms with Gasteiger partial charge in [-0.3, -0.25) is 0 Å². The van der Waals surface area contributed by atoms with Crippen molar-refractivity contribution in [3.63, 3.8) is 0 Å². The zero-order valence-electron chi connectivity index (χ0n) is 5.79. The highest BCUT2D eigenvalue weighted by molar-refractivity contribution is 6.39. The van der Waals surface area contributed by atoms with Gasteiger partial charge in [0.15, 0.2) is 0 Å². The summed E-state index contributed by atoms with van der Waals surface area (Å²) >= 11 is 0. The van der Waals surface area contributed by atoms with E-state index in [2.05, 4.69) is 0 Å². The molecular formula is C5H12O3Si. The third-order valence-corrected chi connectivity index (χ3v) is 3.43. The monoisotopic (exact) mass is 148 g/mol. The Bertz CT molecular complexity index is 80.3. The Kier molecular flexibility index (Phi) is 2.65. The minimum Gasteiger partial charge on any atom is -0.377 e. The molecule has 0 aromatic heterocycles. The van der Waals surface area contributed by atoms with Gasteiger partial charge in [-0.05, 0) is 0 Å². The summed E-state index contributed by atoms with van der Waals surface area (Å²) in [6, 6.07) is 0. The fourth-order valence-electron chi connectivity index (χ4n) is 0.707. The summed E-state index contributed by atoms with van der Waals surface area (Å²) in [5.41, 5.74) is 0.523. The van der Waals surface area contributed by atoms with Gasteiger partial charge in [-0.25, -0.2) is 0 Å². The molecule has 0 amide bonds. The van der Waals surface area contributed by atoms with Crippen molar-refractivity contribution in [2.75, 3.05) is 20.8 Å². The molecule has 0 aromatic rings. The summed E-state index contributed by atoms with van der Waals surface area (Å²) in [5.74, 6) is 0.0532. The number of hydrogen-bond donors (Lipinski definition) is 0. The average molecular weight is 148 g/mol. The molecule has 0 N–H and O–H groups in total. The van der Waals surface area contributed by atoms with Crippen LogP contribution in [0.5, 0.6) is 0 Å². The number of hydrogen-bond acceptors (Lipinski definition) is 3. The Hall–Kier alpha value is 0.0969. The van der Waals surface area contributed by atoms with E-state index >= 15 is 0 Å².